The molecular formula is C18H17NO5S. The Morgan fingerprint density at radius 3 is 2.64 bits per heavy atom. The van der Waals surface area contributed by atoms with Gasteiger partial charge in [-0.2, -0.15) is 13.7 Å². The van der Waals surface area contributed by atoms with Gasteiger partial charge in [-0.1, -0.05) is 35.9 Å². The molecule has 1 aliphatic rings. The van der Waals surface area contributed by atoms with Gasteiger partial charge in [0.15, 0.2) is 6.29 Å². The summed E-state index contributed by atoms with van der Waals surface area (Å²) in [7, 11) is -3.85. The quantitative estimate of drug-likeness (QED) is 0.763. The molecule has 2 aromatic carbocycles. The summed E-state index contributed by atoms with van der Waals surface area (Å²) in [6.45, 7) is 1.91. The van der Waals surface area contributed by atoms with E-state index < -0.39 is 22.5 Å². The van der Waals surface area contributed by atoms with E-state index in [1.807, 2.05) is 6.92 Å². The lowest BCUT2D eigenvalue weighted by Crippen LogP contribution is -2.21. The van der Waals surface area contributed by atoms with Gasteiger partial charge < -0.3 is 9.47 Å². The van der Waals surface area contributed by atoms with Gasteiger partial charge in [-0.15, -0.1) is 0 Å². The first kappa shape index (κ1) is 17.6. The molecule has 0 aliphatic carbocycles. The molecule has 0 N–H and O–H groups in total. The summed E-state index contributed by atoms with van der Waals surface area (Å²) in [5, 5.41) is 9.14. The number of nitrogens with zero attached hydrogens (tertiary/aromatic N) is 1. The van der Waals surface area contributed by atoms with E-state index in [9.17, 15) is 8.42 Å². The third-order valence-electron chi connectivity index (χ3n) is 3.80. The van der Waals surface area contributed by atoms with Crippen molar-refractivity contribution in [3.05, 3.63) is 65.2 Å². The maximum atomic E-state index is 12.2. The molecule has 130 valence electrons. The van der Waals surface area contributed by atoms with Crippen molar-refractivity contribution in [2.24, 2.45) is 0 Å². The van der Waals surface area contributed by atoms with Crippen molar-refractivity contribution in [3.63, 3.8) is 0 Å². The Morgan fingerprint density at radius 2 is 1.92 bits per heavy atom. The predicted octanol–water partition coefficient (Wildman–Crippen LogP) is 2.69. The van der Waals surface area contributed by atoms with Crippen LogP contribution in [-0.4, -0.2) is 27.7 Å². The second-order valence-electron chi connectivity index (χ2n) is 5.67. The molecule has 0 radical (unpaired) electrons. The largest absolute Gasteiger partial charge is 0.346 e. The highest BCUT2D eigenvalue weighted by Gasteiger charge is 2.30. The van der Waals surface area contributed by atoms with Crippen LogP contribution in [0.4, 0.5) is 0 Å². The zero-order valence-corrected chi connectivity index (χ0v) is 14.4. The Kier molecular flexibility index (Phi) is 5.16. The fourth-order valence-corrected chi connectivity index (χ4v) is 3.38. The van der Waals surface area contributed by atoms with Crippen molar-refractivity contribution in [1.82, 2.24) is 0 Å². The molecule has 6 nitrogen and oxygen atoms in total. The Hall–Kier alpha value is -2.24. The average molecular weight is 359 g/mol. The van der Waals surface area contributed by atoms with Crippen LogP contribution in [0.2, 0.25) is 0 Å². The van der Waals surface area contributed by atoms with Crippen LogP contribution in [0.1, 0.15) is 23.0 Å². The van der Waals surface area contributed by atoms with Crippen molar-refractivity contribution in [2.45, 2.75) is 24.2 Å². The third-order valence-corrected chi connectivity index (χ3v) is 5.10. The molecule has 1 saturated heterocycles. The lowest BCUT2D eigenvalue weighted by Gasteiger charge is -2.13. The van der Waals surface area contributed by atoms with Crippen molar-refractivity contribution in [2.75, 3.05) is 13.2 Å². The van der Waals surface area contributed by atoms with Crippen molar-refractivity contribution < 1.29 is 22.1 Å². The number of aryl methyl sites for hydroxylation is 1. The number of rotatable bonds is 5. The van der Waals surface area contributed by atoms with Gasteiger partial charge in [-0.25, -0.2) is 0 Å². The zero-order valence-electron chi connectivity index (χ0n) is 13.6. The minimum atomic E-state index is -3.85. The molecule has 1 heterocycles. The molecule has 0 amide bonds. The molecule has 0 bridgehead atoms. The molecule has 2 atom stereocenters. The summed E-state index contributed by atoms with van der Waals surface area (Å²) in [6.07, 6.45) is -1.23. The topological polar surface area (TPSA) is 85.6 Å². The summed E-state index contributed by atoms with van der Waals surface area (Å²) in [5.74, 6) is 0. The molecule has 0 unspecified atom stereocenters. The van der Waals surface area contributed by atoms with Crippen LogP contribution in [0.15, 0.2) is 53.4 Å². The SMILES string of the molecule is Cc1ccc(S(=O)(=O)OC[C@H]2CO[C@H](c3ccccc3C#N)O2)cc1. The number of hydrogen-bond donors (Lipinski definition) is 0. The van der Waals surface area contributed by atoms with Gasteiger partial charge in [0.2, 0.25) is 0 Å². The molecule has 1 aliphatic heterocycles. The number of nitriles is 1. The van der Waals surface area contributed by atoms with E-state index in [4.69, 9.17) is 18.9 Å². The first-order valence-corrected chi connectivity index (χ1v) is 9.12. The molecule has 0 aromatic heterocycles. The molecule has 0 spiro atoms. The van der Waals surface area contributed by atoms with E-state index in [1.165, 1.54) is 12.1 Å². The number of hydrogen-bond acceptors (Lipinski definition) is 6. The van der Waals surface area contributed by atoms with E-state index in [0.29, 0.717) is 11.1 Å². The maximum absolute atomic E-state index is 12.2. The van der Waals surface area contributed by atoms with Gasteiger partial charge >= 0.3 is 0 Å². The van der Waals surface area contributed by atoms with E-state index in [0.717, 1.165) is 5.56 Å². The third kappa shape index (κ3) is 4.06. The number of ether oxygens (including phenoxy) is 2. The standard InChI is InChI=1S/C18H17NO5S/c1-13-6-8-16(9-7-13)25(20,21)23-12-15-11-22-18(24-15)17-5-3-2-4-14(17)10-19/h2-9,15,18H,11-12H2,1H3/t15-,18+/m1/s1. The van der Waals surface area contributed by atoms with Gasteiger partial charge in [-0.3, -0.25) is 4.18 Å². The highest BCUT2D eigenvalue weighted by Crippen LogP contribution is 2.29. The lowest BCUT2D eigenvalue weighted by atomic mass is 10.1. The normalized spacial score (nSPS) is 20.3. The average Bonchev–Trinajstić information content (AvgIpc) is 3.09. The van der Waals surface area contributed by atoms with Crippen LogP contribution in [0.25, 0.3) is 0 Å². The molecule has 3 rings (SSSR count). The van der Waals surface area contributed by atoms with Crippen molar-refractivity contribution in [1.29, 1.82) is 5.26 Å². The van der Waals surface area contributed by atoms with E-state index in [1.54, 1.807) is 36.4 Å². The highest BCUT2D eigenvalue weighted by molar-refractivity contribution is 7.86. The van der Waals surface area contributed by atoms with Gasteiger partial charge in [0.25, 0.3) is 10.1 Å². The Bertz CT molecular complexity index is 886. The Labute approximate surface area is 146 Å². The molecule has 2 aromatic rings. The van der Waals surface area contributed by atoms with E-state index in [-0.39, 0.29) is 18.1 Å². The Balaban J connectivity index is 1.62. The van der Waals surface area contributed by atoms with Crippen molar-refractivity contribution in [3.8, 4) is 6.07 Å². The van der Waals surface area contributed by atoms with Crippen LogP contribution in [0, 0.1) is 18.3 Å². The van der Waals surface area contributed by atoms with E-state index >= 15 is 0 Å². The molecule has 0 saturated carbocycles. The first-order valence-electron chi connectivity index (χ1n) is 7.72. The smallest absolute Gasteiger partial charge is 0.297 e. The minimum absolute atomic E-state index is 0.100. The molecular weight excluding hydrogens is 342 g/mol. The van der Waals surface area contributed by atoms with Crippen LogP contribution >= 0.6 is 0 Å². The summed E-state index contributed by atoms with van der Waals surface area (Å²) < 4.78 is 40.7. The fourth-order valence-electron chi connectivity index (χ4n) is 2.44. The zero-order chi connectivity index (χ0) is 17.9. The van der Waals surface area contributed by atoms with Crippen LogP contribution in [0.3, 0.4) is 0 Å². The van der Waals surface area contributed by atoms with Crippen molar-refractivity contribution >= 4 is 10.1 Å². The predicted molar refractivity (Wildman–Crippen MR) is 89.0 cm³/mol. The van der Waals surface area contributed by atoms with Crippen LogP contribution in [-0.2, 0) is 23.8 Å². The first-order chi connectivity index (χ1) is 12.0. The summed E-state index contributed by atoms with van der Waals surface area (Å²) in [4.78, 5) is 0.100. The minimum Gasteiger partial charge on any atom is -0.346 e. The summed E-state index contributed by atoms with van der Waals surface area (Å²) >= 11 is 0. The van der Waals surface area contributed by atoms with E-state index in [2.05, 4.69) is 6.07 Å². The maximum Gasteiger partial charge on any atom is 0.297 e. The second-order valence-corrected chi connectivity index (χ2v) is 7.29. The second kappa shape index (κ2) is 7.33. The van der Waals surface area contributed by atoms with Gasteiger partial charge in [-0.05, 0) is 25.1 Å². The highest BCUT2D eigenvalue weighted by atomic mass is 32.2. The number of benzene rings is 2. The molecule has 25 heavy (non-hydrogen) atoms. The Morgan fingerprint density at radius 1 is 1.20 bits per heavy atom. The van der Waals surface area contributed by atoms with Gasteiger partial charge in [0.05, 0.1) is 29.7 Å². The molecule has 1 fully saturated rings. The summed E-state index contributed by atoms with van der Waals surface area (Å²) in [5.41, 5.74) is 2.04. The van der Waals surface area contributed by atoms with Crippen LogP contribution < -0.4 is 0 Å². The monoisotopic (exact) mass is 359 g/mol. The fraction of sp³-hybridized carbons (Fsp3) is 0.278. The van der Waals surface area contributed by atoms with Gasteiger partial charge in [0.1, 0.15) is 6.10 Å². The summed E-state index contributed by atoms with van der Waals surface area (Å²) in [6, 6.07) is 15.5. The molecule has 7 heteroatoms. The van der Waals surface area contributed by atoms with Crippen LogP contribution in [0.5, 0.6) is 0 Å². The lowest BCUT2D eigenvalue weighted by molar-refractivity contribution is -0.0658. The van der Waals surface area contributed by atoms with Gasteiger partial charge in [0, 0.05) is 5.56 Å².